The molecule has 138 valence electrons. The number of para-hydroxylation sites is 1. The van der Waals surface area contributed by atoms with Crippen LogP contribution in [0.3, 0.4) is 0 Å². The van der Waals surface area contributed by atoms with Gasteiger partial charge < -0.3 is 10.1 Å². The van der Waals surface area contributed by atoms with Crippen LogP contribution in [0.4, 0.5) is 10.1 Å². The molecule has 9 heteroatoms. The molecule has 0 spiro atoms. The second-order valence-corrected chi connectivity index (χ2v) is 7.94. The standard InChI is InChI=1S/C17H16ClFN2O4S/c18-14-6-5-12(26(23,24)21-7-9-25-10-8-21)11-13(14)17(22)20-16-4-2-1-3-15(16)19/h1-6,11H,7-10H2,(H,20,22). The number of hydrogen-bond acceptors (Lipinski definition) is 4. The highest BCUT2D eigenvalue weighted by molar-refractivity contribution is 7.89. The van der Waals surface area contributed by atoms with E-state index in [0.717, 1.165) is 0 Å². The summed E-state index contributed by atoms with van der Waals surface area (Å²) < 4.78 is 45.6. The van der Waals surface area contributed by atoms with Gasteiger partial charge in [-0.1, -0.05) is 23.7 Å². The number of halogens is 2. The highest BCUT2D eigenvalue weighted by Gasteiger charge is 2.27. The normalized spacial score (nSPS) is 15.6. The number of anilines is 1. The highest BCUT2D eigenvalue weighted by atomic mass is 35.5. The second kappa shape index (κ2) is 7.71. The summed E-state index contributed by atoms with van der Waals surface area (Å²) in [6, 6.07) is 9.54. The smallest absolute Gasteiger partial charge is 0.257 e. The van der Waals surface area contributed by atoms with Crippen LogP contribution in [-0.4, -0.2) is 44.9 Å². The number of amides is 1. The van der Waals surface area contributed by atoms with E-state index in [0.29, 0.717) is 13.2 Å². The fourth-order valence-electron chi connectivity index (χ4n) is 2.53. The zero-order chi connectivity index (χ0) is 18.7. The van der Waals surface area contributed by atoms with Crippen LogP contribution in [0.5, 0.6) is 0 Å². The minimum atomic E-state index is -3.78. The van der Waals surface area contributed by atoms with E-state index in [4.69, 9.17) is 16.3 Å². The predicted molar refractivity (Wildman–Crippen MR) is 95.4 cm³/mol. The Kier molecular flexibility index (Phi) is 5.57. The number of hydrogen-bond donors (Lipinski definition) is 1. The van der Waals surface area contributed by atoms with Gasteiger partial charge in [-0.15, -0.1) is 0 Å². The molecule has 2 aromatic carbocycles. The van der Waals surface area contributed by atoms with Crippen molar-refractivity contribution in [2.24, 2.45) is 0 Å². The summed E-state index contributed by atoms with van der Waals surface area (Å²) >= 11 is 6.05. The average Bonchev–Trinajstić information content (AvgIpc) is 2.64. The lowest BCUT2D eigenvalue weighted by molar-refractivity contribution is 0.0730. The van der Waals surface area contributed by atoms with E-state index in [1.54, 1.807) is 6.07 Å². The minimum absolute atomic E-state index is 0.0185. The molecule has 1 aliphatic heterocycles. The molecule has 1 amide bonds. The maximum absolute atomic E-state index is 13.7. The maximum atomic E-state index is 13.7. The summed E-state index contributed by atoms with van der Waals surface area (Å²) in [4.78, 5) is 12.4. The molecule has 6 nitrogen and oxygen atoms in total. The Morgan fingerprint density at radius 2 is 1.85 bits per heavy atom. The summed E-state index contributed by atoms with van der Waals surface area (Å²) in [6.45, 7) is 1.10. The van der Waals surface area contributed by atoms with Crippen LogP contribution in [0.2, 0.25) is 5.02 Å². The fourth-order valence-corrected chi connectivity index (χ4v) is 4.17. The SMILES string of the molecule is O=C(Nc1ccccc1F)c1cc(S(=O)(=O)N2CCOCC2)ccc1Cl. The van der Waals surface area contributed by atoms with Crippen LogP contribution >= 0.6 is 11.6 Å². The van der Waals surface area contributed by atoms with Gasteiger partial charge in [0.1, 0.15) is 5.82 Å². The van der Waals surface area contributed by atoms with Gasteiger partial charge in [0.05, 0.1) is 34.4 Å². The molecule has 26 heavy (non-hydrogen) atoms. The van der Waals surface area contributed by atoms with Crippen LogP contribution < -0.4 is 5.32 Å². The maximum Gasteiger partial charge on any atom is 0.257 e. The molecule has 0 radical (unpaired) electrons. The number of carbonyl (C=O) groups is 1. The summed E-state index contributed by atoms with van der Waals surface area (Å²) in [5, 5.41) is 2.47. The summed E-state index contributed by atoms with van der Waals surface area (Å²) in [6.07, 6.45) is 0. The molecule has 0 aromatic heterocycles. The van der Waals surface area contributed by atoms with Crippen molar-refractivity contribution in [1.29, 1.82) is 0 Å². The molecule has 0 unspecified atom stereocenters. The number of benzene rings is 2. The zero-order valence-corrected chi connectivity index (χ0v) is 15.2. The van der Waals surface area contributed by atoms with Crippen molar-refractivity contribution in [2.45, 2.75) is 4.90 Å². The molecule has 0 aliphatic carbocycles. The average molecular weight is 399 g/mol. The predicted octanol–water partition coefficient (Wildman–Crippen LogP) is 2.75. The lowest BCUT2D eigenvalue weighted by atomic mass is 10.2. The number of rotatable bonds is 4. The summed E-state index contributed by atoms with van der Waals surface area (Å²) in [5.74, 6) is -1.30. The topological polar surface area (TPSA) is 75.7 Å². The number of sulfonamides is 1. The van der Waals surface area contributed by atoms with Crippen molar-refractivity contribution >= 4 is 33.2 Å². The lowest BCUT2D eigenvalue weighted by Crippen LogP contribution is -2.40. The van der Waals surface area contributed by atoms with E-state index in [-0.39, 0.29) is 34.3 Å². The van der Waals surface area contributed by atoms with E-state index < -0.39 is 21.7 Å². The van der Waals surface area contributed by atoms with Crippen molar-refractivity contribution in [3.05, 3.63) is 58.9 Å². The van der Waals surface area contributed by atoms with E-state index in [9.17, 15) is 17.6 Å². The molecule has 0 atom stereocenters. The van der Waals surface area contributed by atoms with Crippen molar-refractivity contribution in [3.63, 3.8) is 0 Å². The Bertz CT molecular complexity index is 930. The van der Waals surface area contributed by atoms with Crippen LogP contribution in [-0.2, 0) is 14.8 Å². The van der Waals surface area contributed by atoms with Crippen LogP contribution in [0.15, 0.2) is 47.4 Å². The first-order valence-electron chi connectivity index (χ1n) is 7.83. The lowest BCUT2D eigenvalue weighted by Gasteiger charge is -2.26. The molecule has 2 aromatic rings. The first-order valence-corrected chi connectivity index (χ1v) is 9.65. The van der Waals surface area contributed by atoms with Gasteiger partial charge in [0.15, 0.2) is 0 Å². The quantitative estimate of drug-likeness (QED) is 0.859. The third-order valence-electron chi connectivity index (χ3n) is 3.91. The Morgan fingerprint density at radius 3 is 2.54 bits per heavy atom. The Balaban J connectivity index is 1.90. The molecule has 0 bridgehead atoms. The van der Waals surface area contributed by atoms with Crippen LogP contribution in [0, 0.1) is 5.82 Å². The number of ether oxygens (including phenoxy) is 1. The number of morpholine rings is 1. The van der Waals surface area contributed by atoms with Crippen LogP contribution in [0.1, 0.15) is 10.4 Å². The molecule has 1 aliphatic rings. The molecule has 1 fully saturated rings. The van der Waals surface area contributed by atoms with Gasteiger partial charge >= 0.3 is 0 Å². The van der Waals surface area contributed by atoms with Gasteiger partial charge in [-0.3, -0.25) is 4.79 Å². The Labute approximate surface area is 155 Å². The van der Waals surface area contributed by atoms with Gasteiger partial charge in [-0.2, -0.15) is 4.31 Å². The van der Waals surface area contributed by atoms with Crippen molar-refractivity contribution < 1.29 is 22.3 Å². The van der Waals surface area contributed by atoms with E-state index >= 15 is 0 Å². The first-order chi connectivity index (χ1) is 12.4. The zero-order valence-electron chi connectivity index (χ0n) is 13.6. The molecule has 1 N–H and O–H groups in total. The van der Waals surface area contributed by atoms with E-state index in [1.165, 1.54) is 40.7 Å². The number of carbonyl (C=O) groups excluding carboxylic acids is 1. The van der Waals surface area contributed by atoms with Gasteiger partial charge in [-0.05, 0) is 30.3 Å². The first kappa shape index (κ1) is 18.8. The highest BCUT2D eigenvalue weighted by Crippen LogP contribution is 2.25. The van der Waals surface area contributed by atoms with E-state index in [1.807, 2.05) is 0 Å². The van der Waals surface area contributed by atoms with Gasteiger partial charge in [0, 0.05) is 13.1 Å². The minimum Gasteiger partial charge on any atom is -0.379 e. The number of nitrogens with one attached hydrogen (secondary N) is 1. The van der Waals surface area contributed by atoms with E-state index in [2.05, 4.69) is 5.32 Å². The second-order valence-electron chi connectivity index (χ2n) is 5.59. The summed E-state index contributed by atoms with van der Waals surface area (Å²) in [5.41, 5.74) is -0.0701. The van der Waals surface area contributed by atoms with Gasteiger partial charge in [-0.25, -0.2) is 12.8 Å². The third-order valence-corrected chi connectivity index (χ3v) is 6.14. The molecule has 1 heterocycles. The van der Waals surface area contributed by atoms with Crippen molar-refractivity contribution in [1.82, 2.24) is 4.31 Å². The number of nitrogens with zero attached hydrogens (tertiary/aromatic N) is 1. The fraction of sp³-hybridized carbons (Fsp3) is 0.235. The molecule has 1 saturated heterocycles. The van der Waals surface area contributed by atoms with Crippen LogP contribution in [0.25, 0.3) is 0 Å². The molecular formula is C17H16ClFN2O4S. The molecule has 0 saturated carbocycles. The summed E-state index contributed by atoms with van der Waals surface area (Å²) in [7, 11) is -3.78. The molecular weight excluding hydrogens is 383 g/mol. The molecule has 3 rings (SSSR count). The Morgan fingerprint density at radius 1 is 1.15 bits per heavy atom. The third kappa shape index (κ3) is 3.88. The van der Waals surface area contributed by atoms with Gasteiger partial charge in [0.25, 0.3) is 5.91 Å². The van der Waals surface area contributed by atoms with Gasteiger partial charge in [0.2, 0.25) is 10.0 Å². The largest absolute Gasteiger partial charge is 0.379 e. The van der Waals surface area contributed by atoms with Crippen molar-refractivity contribution in [2.75, 3.05) is 31.6 Å². The Hall–Kier alpha value is -2.00. The van der Waals surface area contributed by atoms with Crippen molar-refractivity contribution in [3.8, 4) is 0 Å². The monoisotopic (exact) mass is 398 g/mol.